The summed E-state index contributed by atoms with van der Waals surface area (Å²) in [6, 6.07) is 25.1. The smallest absolute Gasteiger partial charge is 0.258 e. The van der Waals surface area contributed by atoms with Crippen molar-refractivity contribution in [1.82, 2.24) is 4.98 Å². The molecule has 1 heterocycles. The molecule has 0 aliphatic carbocycles. The number of aryl methyl sites for hydroxylation is 1. The van der Waals surface area contributed by atoms with Crippen LogP contribution in [-0.2, 0) is 12.0 Å². The lowest BCUT2D eigenvalue weighted by molar-refractivity contribution is 0.0985. The molecule has 0 atom stereocenters. The van der Waals surface area contributed by atoms with Crippen LogP contribution in [-0.4, -0.2) is 10.9 Å². The summed E-state index contributed by atoms with van der Waals surface area (Å²) >= 11 is 0. The molecule has 1 amide bonds. The predicted molar refractivity (Wildman–Crippen MR) is 131 cm³/mol. The van der Waals surface area contributed by atoms with Gasteiger partial charge in [0.05, 0.1) is 6.54 Å². The molecule has 0 aliphatic heterocycles. The van der Waals surface area contributed by atoms with Crippen LogP contribution in [0.25, 0.3) is 10.9 Å². The van der Waals surface area contributed by atoms with Crippen LogP contribution in [0.2, 0.25) is 0 Å². The number of nitrogens with zero attached hydrogens (tertiary/aromatic N) is 1. The molecule has 1 N–H and O–H groups in total. The van der Waals surface area contributed by atoms with Crippen molar-refractivity contribution in [3.8, 4) is 0 Å². The maximum atomic E-state index is 13.6. The summed E-state index contributed by atoms with van der Waals surface area (Å²) in [7, 11) is 0. The zero-order chi connectivity index (χ0) is 22.9. The lowest BCUT2D eigenvalue weighted by Crippen LogP contribution is -2.33. The topological polar surface area (TPSA) is 53.2 Å². The van der Waals surface area contributed by atoms with E-state index in [1.54, 1.807) is 4.90 Å². The minimum atomic E-state index is -0.184. The van der Waals surface area contributed by atoms with E-state index in [9.17, 15) is 9.59 Å². The number of pyridine rings is 1. The summed E-state index contributed by atoms with van der Waals surface area (Å²) in [5, 5.41) is 0.938. The fourth-order valence-electron chi connectivity index (χ4n) is 3.75. The average Bonchev–Trinajstić information content (AvgIpc) is 2.77. The van der Waals surface area contributed by atoms with Crippen molar-refractivity contribution in [3.05, 3.63) is 111 Å². The Morgan fingerprint density at radius 3 is 2.22 bits per heavy atom. The fourth-order valence-corrected chi connectivity index (χ4v) is 3.75. The Labute approximate surface area is 188 Å². The molecule has 32 heavy (non-hydrogen) atoms. The molecule has 0 unspecified atom stereocenters. The number of hydrogen-bond acceptors (Lipinski definition) is 2. The zero-order valence-electron chi connectivity index (χ0n) is 19.0. The highest BCUT2D eigenvalue weighted by Gasteiger charge is 2.21. The first-order valence-corrected chi connectivity index (χ1v) is 10.8. The Morgan fingerprint density at radius 1 is 0.906 bits per heavy atom. The number of aromatic nitrogens is 1. The number of para-hydroxylation sites is 1. The number of rotatable bonds is 4. The maximum absolute atomic E-state index is 13.6. The van der Waals surface area contributed by atoms with E-state index in [-0.39, 0.29) is 23.4 Å². The third-order valence-electron chi connectivity index (χ3n) is 5.75. The van der Waals surface area contributed by atoms with E-state index < -0.39 is 0 Å². The standard InChI is InChI=1S/C28H28N2O2/c1-19-9-15-24(16-10-19)30(27(32)20-11-13-23(14-12-20)28(2,3)4)18-22-17-21-7-5-6-8-25(21)29-26(22)31/h5-17H,18H2,1-4H3,(H,29,31). The molecule has 0 spiro atoms. The van der Waals surface area contributed by atoms with Gasteiger partial charge in [-0.3, -0.25) is 9.59 Å². The molecule has 0 saturated heterocycles. The number of anilines is 1. The van der Waals surface area contributed by atoms with E-state index in [0.717, 1.165) is 22.2 Å². The number of fused-ring (bicyclic) bond motifs is 1. The van der Waals surface area contributed by atoms with Crippen molar-refractivity contribution >= 4 is 22.5 Å². The molecule has 0 aliphatic rings. The Bertz CT molecular complexity index is 1310. The summed E-state index contributed by atoms with van der Waals surface area (Å²) in [5.41, 5.74) is 4.79. The van der Waals surface area contributed by atoms with Crippen molar-refractivity contribution in [1.29, 1.82) is 0 Å². The van der Waals surface area contributed by atoms with Crippen LogP contribution in [0.15, 0.2) is 83.7 Å². The number of H-pyrrole nitrogens is 1. The van der Waals surface area contributed by atoms with Gasteiger partial charge in [-0.25, -0.2) is 0 Å². The summed E-state index contributed by atoms with van der Waals surface area (Å²) in [4.78, 5) is 31.0. The molecule has 4 rings (SSSR count). The monoisotopic (exact) mass is 424 g/mol. The number of aromatic amines is 1. The first kappa shape index (κ1) is 21.6. The van der Waals surface area contributed by atoms with Gasteiger partial charge in [0.1, 0.15) is 0 Å². The summed E-state index contributed by atoms with van der Waals surface area (Å²) in [5.74, 6) is -0.137. The molecule has 4 nitrogen and oxygen atoms in total. The minimum Gasteiger partial charge on any atom is -0.322 e. The van der Waals surface area contributed by atoms with Gasteiger partial charge < -0.3 is 9.88 Å². The SMILES string of the molecule is Cc1ccc(N(Cc2cc3ccccc3[nH]c2=O)C(=O)c2ccc(C(C)(C)C)cc2)cc1. The van der Waals surface area contributed by atoms with Crippen LogP contribution in [0.5, 0.6) is 0 Å². The van der Waals surface area contributed by atoms with Crippen LogP contribution in [0.4, 0.5) is 5.69 Å². The zero-order valence-corrected chi connectivity index (χ0v) is 19.0. The Hall–Kier alpha value is -3.66. The van der Waals surface area contributed by atoms with Gasteiger partial charge in [0, 0.05) is 22.3 Å². The highest BCUT2D eigenvalue weighted by atomic mass is 16.2. The van der Waals surface area contributed by atoms with E-state index in [2.05, 4.69) is 25.8 Å². The van der Waals surface area contributed by atoms with E-state index in [1.165, 1.54) is 5.56 Å². The lowest BCUT2D eigenvalue weighted by atomic mass is 9.86. The van der Waals surface area contributed by atoms with E-state index in [1.807, 2.05) is 85.8 Å². The molecule has 0 bridgehead atoms. The number of hydrogen-bond donors (Lipinski definition) is 1. The quantitative estimate of drug-likeness (QED) is 0.438. The van der Waals surface area contributed by atoms with Gasteiger partial charge in [-0.1, -0.05) is 68.8 Å². The highest BCUT2D eigenvalue weighted by molar-refractivity contribution is 6.06. The number of amides is 1. The second kappa shape index (κ2) is 8.46. The number of benzene rings is 3. The molecule has 4 aromatic rings. The first-order valence-electron chi connectivity index (χ1n) is 10.8. The van der Waals surface area contributed by atoms with Crippen molar-refractivity contribution in [2.24, 2.45) is 0 Å². The Morgan fingerprint density at radius 2 is 1.56 bits per heavy atom. The number of carbonyl (C=O) groups is 1. The minimum absolute atomic E-state index is 0.0105. The molecule has 1 aromatic heterocycles. The van der Waals surface area contributed by atoms with Gasteiger partial charge in [0.15, 0.2) is 0 Å². The van der Waals surface area contributed by atoms with Crippen molar-refractivity contribution < 1.29 is 4.79 Å². The number of carbonyl (C=O) groups excluding carboxylic acids is 1. The Balaban J connectivity index is 1.74. The molecule has 4 heteroatoms. The van der Waals surface area contributed by atoms with Gasteiger partial charge in [-0.2, -0.15) is 0 Å². The molecule has 3 aromatic carbocycles. The van der Waals surface area contributed by atoms with E-state index in [4.69, 9.17) is 0 Å². The molecule has 0 saturated carbocycles. The van der Waals surface area contributed by atoms with Gasteiger partial charge in [-0.05, 0) is 59.7 Å². The van der Waals surface area contributed by atoms with Crippen LogP contribution in [0.1, 0.15) is 47.8 Å². The molecule has 0 fully saturated rings. The van der Waals surface area contributed by atoms with Crippen LogP contribution >= 0.6 is 0 Å². The van der Waals surface area contributed by atoms with Crippen LogP contribution < -0.4 is 10.5 Å². The summed E-state index contributed by atoms with van der Waals surface area (Å²) in [6.07, 6.45) is 0. The van der Waals surface area contributed by atoms with Crippen molar-refractivity contribution in [2.75, 3.05) is 4.90 Å². The van der Waals surface area contributed by atoms with Gasteiger partial charge in [0.2, 0.25) is 0 Å². The first-order chi connectivity index (χ1) is 15.2. The van der Waals surface area contributed by atoms with Gasteiger partial charge >= 0.3 is 0 Å². The number of nitrogens with one attached hydrogen (secondary N) is 1. The third-order valence-corrected chi connectivity index (χ3v) is 5.75. The van der Waals surface area contributed by atoms with E-state index >= 15 is 0 Å². The van der Waals surface area contributed by atoms with Crippen molar-refractivity contribution in [2.45, 2.75) is 39.7 Å². The second-order valence-electron chi connectivity index (χ2n) is 9.27. The Kier molecular flexibility index (Phi) is 5.70. The van der Waals surface area contributed by atoms with Crippen LogP contribution in [0, 0.1) is 6.92 Å². The molecule has 0 radical (unpaired) electrons. The summed E-state index contributed by atoms with van der Waals surface area (Å²) < 4.78 is 0. The normalized spacial score (nSPS) is 11.5. The van der Waals surface area contributed by atoms with Crippen LogP contribution in [0.3, 0.4) is 0 Å². The summed E-state index contributed by atoms with van der Waals surface area (Å²) in [6.45, 7) is 8.63. The maximum Gasteiger partial charge on any atom is 0.258 e. The second-order valence-corrected chi connectivity index (χ2v) is 9.27. The molecule has 162 valence electrons. The molecular formula is C28H28N2O2. The third kappa shape index (κ3) is 4.50. The predicted octanol–water partition coefficient (Wildman–Crippen LogP) is 5.98. The fraction of sp³-hybridized carbons (Fsp3) is 0.214. The van der Waals surface area contributed by atoms with E-state index in [0.29, 0.717) is 11.1 Å². The van der Waals surface area contributed by atoms with Crippen molar-refractivity contribution in [3.63, 3.8) is 0 Å². The molecular weight excluding hydrogens is 396 g/mol. The largest absolute Gasteiger partial charge is 0.322 e. The highest BCUT2D eigenvalue weighted by Crippen LogP contribution is 2.25. The van der Waals surface area contributed by atoms with Gasteiger partial charge in [0.25, 0.3) is 11.5 Å². The lowest BCUT2D eigenvalue weighted by Gasteiger charge is -2.24. The average molecular weight is 425 g/mol. The van der Waals surface area contributed by atoms with Gasteiger partial charge in [-0.15, -0.1) is 0 Å².